The van der Waals surface area contributed by atoms with Crippen LogP contribution in [0.4, 0.5) is 11.5 Å². The third-order valence-electron chi connectivity index (χ3n) is 3.90. The molecule has 0 atom stereocenters. The van der Waals surface area contributed by atoms with Gasteiger partial charge in [0.15, 0.2) is 5.82 Å². The molecule has 0 saturated heterocycles. The number of para-hydroxylation sites is 1. The maximum atomic E-state index is 11.1. The van der Waals surface area contributed by atoms with Crippen molar-refractivity contribution in [3.8, 4) is 10.4 Å². The van der Waals surface area contributed by atoms with Gasteiger partial charge in [-0.05, 0) is 17.7 Å². The Morgan fingerprint density at radius 2 is 1.85 bits per heavy atom. The average molecular weight is 375 g/mol. The highest BCUT2D eigenvalue weighted by Crippen LogP contribution is 2.34. The molecule has 4 rings (SSSR count). The van der Waals surface area contributed by atoms with Gasteiger partial charge in [-0.2, -0.15) is 5.10 Å². The zero-order valence-corrected chi connectivity index (χ0v) is 14.8. The molecule has 1 N–H and O–H groups in total. The maximum Gasteiger partial charge on any atom is 0.278 e. The van der Waals surface area contributed by atoms with E-state index in [1.54, 1.807) is 29.5 Å². The molecule has 2 aromatic carbocycles. The van der Waals surface area contributed by atoms with Gasteiger partial charge in [0.2, 0.25) is 0 Å². The van der Waals surface area contributed by atoms with E-state index in [2.05, 4.69) is 20.5 Å². The van der Waals surface area contributed by atoms with Crippen LogP contribution in [0.25, 0.3) is 20.7 Å². The van der Waals surface area contributed by atoms with E-state index in [9.17, 15) is 10.1 Å². The van der Waals surface area contributed by atoms with Gasteiger partial charge in [0, 0.05) is 10.9 Å². The standard InChI is InChI=1S/C19H13N5O2S/c25-24(26)16-9-5-4-8-14(16)11-22-23-18-15-10-17(13-6-2-1-3-7-13)27-19(15)21-12-20-18/h1-12H,(H,20,21,23)/b22-11-. The van der Waals surface area contributed by atoms with Gasteiger partial charge in [0.05, 0.1) is 22.1 Å². The number of benzene rings is 2. The lowest BCUT2D eigenvalue weighted by molar-refractivity contribution is -0.385. The number of hydrogen-bond acceptors (Lipinski definition) is 7. The number of thiophene rings is 1. The number of anilines is 1. The van der Waals surface area contributed by atoms with Gasteiger partial charge in [-0.15, -0.1) is 11.3 Å². The zero-order valence-electron chi connectivity index (χ0n) is 13.9. The second-order valence-electron chi connectivity index (χ2n) is 5.60. The Balaban J connectivity index is 1.63. The average Bonchev–Trinajstić information content (AvgIpc) is 3.14. The van der Waals surface area contributed by atoms with Crippen molar-refractivity contribution in [2.24, 2.45) is 5.10 Å². The molecule has 0 bridgehead atoms. The topological polar surface area (TPSA) is 93.3 Å². The Morgan fingerprint density at radius 3 is 2.67 bits per heavy atom. The van der Waals surface area contributed by atoms with E-state index in [1.807, 2.05) is 36.4 Å². The first kappa shape index (κ1) is 16.8. The summed E-state index contributed by atoms with van der Waals surface area (Å²) in [6, 6.07) is 18.5. The summed E-state index contributed by atoms with van der Waals surface area (Å²) in [5.41, 5.74) is 4.39. The van der Waals surface area contributed by atoms with Crippen molar-refractivity contribution in [1.29, 1.82) is 0 Å². The Hall–Kier alpha value is -3.65. The molecule has 0 aliphatic carbocycles. The molecule has 2 aromatic heterocycles. The first-order valence-electron chi connectivity index (χ1n) is 8.05. The van der Waals surface area contributed by atoms with Crippen LogP contribution < -0.4 is 5.43 Å². The summed E-state index contributed by atoms with van der Waals surface area (Å²) >= 11 is 1.57. The summed E-state index contributed by atoms with van der Waals surface area (Å²) in [6.45, 7) is 0. The molecule has 0 aliphatic heterocycles. The summed E-state index contributed by atoms with van der Waals surface area (Å²) in [5, 5.41) is 16.0. The highest BCUT2D eigenvalue weighted by atomic mass is 32.1. The van der Waals surface area contributed by atoms with Crippen molar-refractivity contribution in [3.63, 3.8) is 0 Å². The molecule has 2 heterocycles. The molecule has 7 nitrogen and oxygen atoms in total. The van der Waals surface area contributed by atoms with Gasteiger partial charge >= 0.3 is 0 Å². The van der Waals surface area contributed by atoms with Gasteiger partial charge in [-0.1, -0.05) is 42.5 Å². The van der Waals surface area contributed by atoms with Crippen LogP contribution >= 0.6 is 11.3 Å². The Morgan fingerprint density at radius 1 is 1.07 bits per heavy atom. The molecule has 27 heavy (non-hydrogen) atoms. The van der Waals surface area contributed by atoms with Gasteiger partial charge in [0.25, 0.3) is 5.69 Å². The smallest absolute Gasteiger partial charge is 0.261 e. The number of nitrogens with zero attached hydrogens (tertiary/aromatic N) is 4. The number of hydrogen-bond donors (Lipinski definition) is 1. The van der Waals surface area contributed by atoms with E-state index >= 15 is 0 Å². The van der Waals surface area contributed by atoms with Crippen molar-refractivity contribution in [2.45, 2.75) is 0 Å². The summed E-state index contributed by atoms with van der Waals surface area (Å²) in [4.78, 5) is 21.1. The largest absolute Gasteiger partial charge is 0.278 e. The highest BCUT2D eigenvalue weighted by molar-refractivity contribution is 7.21. The van der Waals surface area contributed by atoms with Gasteiger partial charge < -0.3 is 0 Å². The molecule has 0 unspecified atom stereocenters. The lowest BCUT2D eigenvalue weighted by Crippen LogP contribution is -1.97. The highest BCUT2D eigenvalue weighted by Gasteiger charge is 2.11. The molecule has 0 radical (unpaired) electrons. The predicted octanol–water partition coefficient (Wildman–Crippen LogP) is 4.71. The van der Waals surface area contributed by atoms with Crippen LogP contribution in [0.2, 0.25) is 0 Å². The summed E-state index contributed by atoms with van der Waals surface area (Å²) < 4.78 is 0. The first-order chi connectivity index (χ1) is 13.2. The molecule has 0 amide bonds. The van der Waals surface area contributed by atoms with Crippen molar-refractivity contribution < 1.29 is 4.92 Å². The second kappa shape index (κ2) is 7.30. The third kappa shape index (κ3) is 3.51. The van der Waals surface area contributed by atoms with Crippen LogP contribution in [0, 0.1) is 10.1 Å². The van der Waals surface area contributed by atoms with Crippen LogP contribution in [0.15, 0.2) is 72.1 Å². The van der Waals surface area contributed by atoms with E-state index in [1.165, 1.54) is 18.6 Å². The third-order valence-corrected chi connectivity index (χ3v) is 4.99. The van der Waals surface area contributed by atoms with Crippen LogP contribution in [0.3, 0.4) is 0 Å². The van der Waals surface area contributed by atoms with Gasteiger partial charge in [-0.3, -0.25) is 15.5 Å². The maximum absolute atomic E-state index is 11.1. The molecule has 0 fully saturated rings. The minimum atomic E-state index is -0.435. The minimum absolute atomic E-state index is 0.00205. The fraction of sp³-hybridized carbons (Fsp3) is 0. The predicted molar refractivity (Wildman–Crippen MR) is 107 cm³/mol. The van der Waals surface area contributed by atoms with Crippen LogP contribution in [-0.4, -0.2) is 21.1 Å². The van der Waals surface area contributed by atoms with Crippen molar-refractivity contribution in [3.05, 3.63) is 82.7 Å². The molecule has 0 aliphatic rings. The Labute approximate surface area is 158 Å². The molecule has 4 aromatic rings. The Kier molecular flexibility index (Phi) is 4.54. The number of nitro groups is 1. The fourth-order valence-electron chi connectivity index (χ4n) is 2.62. The monoisotopic (exact) mass is 375 g/mol. The van der Waals surface area contributed by atoms with E-state index in [4.69, 9.17) is 0 Å². The van der Waals surface area contributed by atoms with Gasteiger partial charge in [-0.25, -0.2) is 9.97 Å². The molecule has 132 valence electrons. The summed E-state index contributed by atoms with van der Waals surface area (Å²) in [5.74, 6) is 0.549. The molecular weight excluding hydrogens is 362 g/mol. The number of fused-ring (bicyclic) bond motifs is 1. The van der Waals surface area contributed by atoms with E-state index in [0.29, 0.717) is 11.4 Å². The van der Waals surface area contributed by atoms with Gasteiger partial charge in [0.1, 0.15) is 11.2 Å². The zero-order chi connectivity index (χ0) is 18.6. The quantitative estimate of drug-likeness (QED) is 0.310. The molecule has 0 spiro atoms. The van der Waals surface area contributed by atoms with Crippen LogP contribution in [0.5, 0.6) is 0 Å². The molecule has 0 saturated carbocycles. The lowest BCUT2D eigenvalue weighted by Gasteiger charge is -2.00. The fourth-order valence-corrected chi connectivity index (χ4v) is 3.62. The van der Waals surface area contributed by atoms with Crippen molar-refractivity contribution >= 4 is 39.3 Å². The van der Waals surface area contributed by atoms with Crippen LogP contribution in [-0.2, 0) is 0 Å². The van der Waals surface area contributed by atoms with E-state index in [-0.39, 0.29) is 5.69 Å². The number of nitro benzene ring substituents is 1. The Bertz CT molecular complexity index is 1140. The van der Waals surface area contributed by atoms with E-state index < -0.39 is 4.92 Å². The molecule has 8 heteroatoms. The molecular formula is C19H13N5O2S. The van der Waals surface area contributed by atoms with Crippen molar-refractivity contribution in [2.75, 3.05) is 5.43 Å². The van der Waals surface area contributed by atoms with Crippen LogP contribution in [0.1, 0.15) is 5.56 Å². The number of nitrogens with one attached hydrogen (secondary N) is 1. The summed E-state index contributed by atoms with van der Waals surface area (Å²) in [6.07, 6.45) is 2.88. The number of hydrazone groups is 1. The lowest BCUT2D eigenvalue weighted by atomic mass is 10.2. The number of rotatable bonds is 5. The van der Waals surface area contributed by atoms with Crippen molar-refractivity contribution in [1.82, 2.24) is 9.97 Å². The first-order valence-corrected chi connectivity index (χ1v) is 8.86. The van der Waals surface area contributed by atoms with E-state index in [0.717, 1.165) is 20.7 Å². The SMILES string of the molecule is O=[N+]([O-])c1ccccc1/C=N\Nc1ncnc2sc(-c3ccccc3)cc12. The minimum Gasteiger partial charge on any atom is -0.261 e. The normalized spacial score (nSPS) is 11.1. The number of aromatic nitrogens is 2. The summed E-state index contributed by atoms with van der Waals surface area (Å²) in [7, 11) is 0. The second-order valence-corrected chi connectivity index (χ2v) is 6.63.